The van der Waals surface area contributed by atoms with Gasteiger partial charge in [-0.25, -0.2) is 0 Å². The Morgan fingerprint density at radius 2 is 0.957 bits per heavy atom. The van der Waals surface area contributed by atoms with Crippen molar-refractivity contribution in [1.29, 1.82) is 0 Å². The van der Waals surface area contributed by atoms with Gasteiger partial charge in [0.1, 0.15) is 23.7 Å². The Bertz CT molecular complexity index is 1250. The quantitative estimate of drug-likeness (QED) is 0.119. The fourth-order valence-corrected chi connectivity index (χ4v) is 9.88. The lowest BCUT2D eigenvalue weighted by atomic mass is 9.96. The molecule has 3 aromatic rings. The number of hydrogen-bond donors (Lipinski definition) is 2. The predicted octanol–water partition coefficient (Wildman–Crippen LogP) is 12.3. The van der Waals surface area contributed by atoms with Crippen LogP contribution in [0.5, 0.6) is 11.5 Å². The van der Waals surface area contributed by atoms with E-state index in [1.165, 1.54) is 48.3 Å². The standard InChI is InChI=1S/C38H56Br2O4S2/c1-23(2)11-9-13-25(5)15-17-27-19-31(39)37(45-27)35(41)29-21-34(44-8)30(22-33(29)43-7)36(42)38-32(40)20-28(46-38)18-16-26(6)14-10-12-24(3)4/h19-26,35-36,41-42H,9-18H2,1-8H3. The van der Waals surface area contributed by atoms with Crippen molar-refractivity contribution in [1.82, 2.24) is 0 Å². The van der Waals surface area contributed by atoms with Crippen molar-refractivity contribution in [2.24, 2.45) is 23.7 Å². The molecule has 0 fully saturated rings. The first kappa shape index (κ1) is 39.5. The minimum absolute atomic E-state index is 0.520. The van der Waals surface area contributed by atoms with Gasteiger partial charge in [-0.2, -0.15) is 0 Å². The minimum atomic E-state index is -0.894. The molecule has 0 radical (unpaired) electrons. The van der Waals surface area contributed by atoms with Gasteiger partial charge in [-0.3, -0.25) is 0 Å². The summed E-state index contributed by atoms with van der Waals surface area (Å²) in [5.74, 6) is 3.92. The van der Waals surface area contributed by atoms with Crippen molar-refractivity contribution in [3.8, 4) is 11.5 Å². The lowest BCUT2D eigenvalue weighted by Crippen LogP contribution is -2.07. The number of hydrogen-bond acceptors (Lipinski definition) is 6. The molecule has 2 heterocycles. The largest absolute Gasteiger partial charge is 0.496 e. The number of methoxy groups -OCH3 is 2. The molecule has 3 rings (SSSR count). The fraction of sp³-hybridized carbons (Fsp3) is 0.632. The number of ether oxygens (including phenoxy) is 2. The first-order valence-corrected chi connectivity index (χ1v) is 20.2. The summed E-state index contributed by atoms with van der Waals surface area (Å²) >= 11 is 10.7. The zero-order chi connectivity index (χ0) is 34.0. The Balaban J connectivity index is 1.74. The highest BCUT2D eigenvalue weighted by Gasteiger charge is 2.27. The third-order valence-electron chi connectivity index (χ3n) is 8.92. The van der Waals surface area contributed by atoms with Crippen molar-refractivity contribution in [2.75, 3.05) is 14.2 Å². The smallest absolute Gasteiger partial charge is 0.125 e. The first-order valence-electron chi connectivity index (χ1n) is 17.0. The van der Waals surface area contributed by atoms with E-state index in [4.69, 9.17) is 9.47 Å². The number of thiophene rings is 2. The number of aryl methyl sites for hydroxylation is 2. The maximum Gasteiger partial charge on any atom is 0.125 e. The second kappa shape index (κ2) is 19.3. The van der Waals surface area contributed by atoms with Crippen LogP contribution in [0.4, 0.5) is 0 Å². The maximum absolute atomic E-state index is 11.6. The van der Waals surface area contributed by atoms with Gasteiger partial charge in [0.2, 0.25) is 0 Å². The van der Waals surface area contributed by atoms with Crippen molar-refractivity contribution in [2.45, 2.75) is 118 Å². The predicted molar refractivity (Wildman–Crippen MR) is 204 cm³/mol. The van der Waals surface area contributed by atoms with Gasteiger partial charge in [-0.1, -0.05) is 80.1 Å². The van der Waals surface area contributed by atoms with Gasteiger partial charge in [-0.15, -0.1) is 22.7 Å². The van der Waals surface area contributed by atoms with E-state index in [1.807, 2.05) is 12.1 Å². The number of halogens is 2. The Labute approximate surface area is 303 Å². The van der Waals surface area contributed by atoms with Crippen LogP contribution < -0.4 is 9.47 Å². The van der Waals surface area contributed by atoms with E-state index in [9.17, 15) is 10.2 Å². The molecule has 4 atom stereocenters. The zero-order valence-corrected chi connectivity index (χ0v) is 33.9. The third-order valence-corrected chi connectivity index (χ3v) is 13.3. The van der Waals surface area contributed by atoms with E-state index < -0.39 is 12.2 Å². The molecule has 0 aliphatic rings. The molecule has 8 heteroatoms. The molecule has 0 aliphatic heterocycles. The number of aliphatic hydroxyl groups excluding tert-OH is 2. The number of rotatable bonds is 20. The molecule has 4 unspecified atom stereocenters. The van der Waals surface area contributed by atoms with Gasteiger partial charge in [0.15, 0.2) is 0 Å². The average Bonchev–Trinajstić information content (AvgIpc) is 3.58. The summed E-state index contributed by atoms with van der Waals surface area (Å²) in [7, 11) is 3.20. The van der Waals surface area contributed by atoms with Crippen molar-refractivity contribution < 1.29 is 19.7 Å². The minimum Gasteiger partial charge on any atom is -0.496 e. The van der Waals surface area contributed by atoms with E-state index in [-0.39, 0.29) is 0 Å². The molecule has 2 N–H and O–H groups in total. The lowest BCUT2D eigenvalue weighted by Gasteiger charge is -2.20. The molecule has 0 aliphatic carbocycles. The van der Waals surface area contributed by atoms with Crippen LogP contribution in [0.2, 0.25) is 0 Å². The van der Waals surface area contributed by atoms with Crippen LogP contribution >= 0.6 is 54.5 Å². The van der Waals surface area contributed by atoms with Gasteiger partial charge in [0, 0.05) is 29.8 Å². The normalized spacial score (nSPS) is 14.6. The van der Waals surface area contributed by atoms with E-state index in [0.717, 1.165) is 56.2 Å². The second-order valence-electron chi connectivity index (χ2n) is 13.9. The Morgan fingerprint density at radius 1 is 0.587 bits per heavy atom. The van der Waals surface area contributed by atoms with Crippen LogP contribution in [0.15, 0.2) is 33.2 Å². The summed E-state index contributed by atoms with van der Waals surface area (Å²) < 4.78 is 13.4. The first-order chi connectivity index (χ1) is 21.8. The van der Waals surface area contributed by atoms with Gasteiger partial charge < -0.3 is 19.7 Å². The monoisotopic (exact) mass is 798 g/mol. The molecule has 2 aromatic heterocycles. The average molecular weight is 801 g/mol. The van der Waals surface area contributed by atoms with Crippen LogP contribution in [0.1, 0.15) is 136 Å². The van der Waals surface area contributed by atoms with Crippen molar-refractivity contribution in [3.05, 3.63) is 63.8 Å². The number of benzene rings is 1. The molecule has 0 spiro atoms. The third kappa shape index (κ3) is 11.6. The lowest BCUT2D eigenvalue weighted by molar-refractivity contribution is 0.210. The van der Waals surface area contributed by atoms with Gasteiger partial charge in [0.25, 0.3) is 0 Å². The Kier molecular flexibility index (Phi) is 16.6. The zero-order valence-electron chi connectivity index (χ0n) is 29.1. The topological polar surface area (TPSA) is 58.9 Å². The van der Waals surface area contributed by atoms with E-state index >= 15 is 0 Å². The molecule has 46 heavy (non-hydrogen) atoms. The molecule has 0 amide bonds. The van der Waals surface area contributed by atoms with Gasteiger partial charge >= 0.3 is 0 Å². The van der Waals surface area contributed by atoms with Crippen LogP contribution in [0.3, 0.4) is 0 Å². The maximum atomic E-state index is 11.6. The van der Waals surface area contributed by atoms with Gasteiger partial charge in [0.05, 0.1) is 24.0 Å². The Hall–Kier alpha value is -0.900. The van der Waals surface area contributed by atoms with Crippen LogP contribution in [0.25, 0.3) is 0 Å². The van der Waals surface area contributed by atoms with Crippen LogP contribution in [-0.4, -0.2) is 24.4 Å². The van der Waals surface area contributed by atoms with Crippen LogP contribution in [-0.2, 0) is 12.8 Å². The summed E-state index contributed by atoms with van der Waals surface area (Å²) in [5, 5.41) is 23.2. The highest BCUT2D eigenvalue weighted by Crippen LogP contribution is 2.45. The van der Waals surface area contributed by atoms with Crippen molar-refractivity contribution in [3.63, 3.8) is 0 Å². The molecular weight excluding hydrogens is 744 g/mol. The molecule has 0 bridgehead atoms. The molecular formula is C38H56Br2O4S2. The summed E-state index contributed by atoms with van der Waals surface area (Å²) in [6.45, 7) is 13.8. The summed E-state index contributed by atoms with van der Waals surface area (Å²) in [4.78, 5) is 4.22. The van der Waals surface area contributed by atoms with E-state index in [0.29, 0.717) is 34.5 Å². The molecule has 0 saturated carbocycles. The molecule has 258 valence electrons. The number of aliphatic hydroxyl groups is 2. The van der Waals surface area contributed by atoms with E-state index in [2.05, 4.69) is 85.5 Å². The molecule has 0 saturated heterocycles. The highest BCUT2D eigenvalue weighted by atomic mass is 79.9. The Morgan fingerprint density at radius 3 is 1.28 bits per heavy atom. The molecule has 4 nitrogen and oxygen atoms in total. The highest BCUT2D eigenvalue weighted by molar-refractivity contribution is 9.10. The summed E-state index contributed by atoms with van der Waals surface area (Å²) in [6.07, 6.45) is 10.2. The van der Waals surface area contributed by atoms with Gasteiger partial charge in [-0.05, 0) is 105 Å². The SMILES string of the molecule is COc1cc(C(O)c2sc(CCC(C)CCCC(C)C)cc2Br)c(OC)cc1C(O)c1sc(CCC(C)CCCC(C)C)cc1Br. The fourth-order valence-electron chi connectivity index (χ4n) is 5.95. The summed E-state index contributed by atoms with van der Waals surface area (Å²) in [5.41, 5.74) is 1.23. The van der Waals surface area contributed by atoms with Crippen LogP contribution in [0, 0.1) is 23.7 Å². The summed E-state index contributed by atoms with van der Waals surface area (Å²) in [6, 6.07) is 7.91. The molecule has 1 aromatic carbocycles. The van der Waals surface area contributed by atoms with E-state index in [1.54, 1.807) is 36.9 Å². The van der Waals surface area contributed by atoms with Crippen molar-refractivity contribution >= 4 is 54.5 Å². The second-order valence-corrected chi connectivity index (χ2v) is 18.0.